The molecular weight excluding hydrogens is 460 g/mol. The molecule has 0 bridgehead atoms. The predicted octanol–water partition coefficient (Wildman–Crippen LogP) is 4.45. The normalized spacial score (nSPS) is 15.2. The maximum absolute atomic E-state index is 13.4. The van der Waals surface area contributed by atoms with Crippen LogP contribution in [0, 0.1) is 6.92 Å². The lowest BCUT2D eigenvalue weighted by Crippen LogP contribution is -2.28. The second kappa shape index (κ2) is 10.1. The summed E-state index contributed by atoms with van der Waals surface area (Å²) in [5.74, 6) is 0.817. The second-order valence-corrected chi connectivity index (χ2v) is 9.09. The van der Waals surface area contributed by atoms with Gasteiger partial charge in [0.15, 0.2) is 0 Å². The van der Waals surface area contributed by atoms with E-state index in [1.54, 1.807) is 16.8 Å². The molecule has 1 aliphatic heterocycles. The topological polar surface area (TPSA) is 85.5 Å². The average molecular weight is 485 g/mol. The highest BCUT2D eigenvalue weighted by atomic mass is 32.2. The smallest absolute Gasteiger partial charge is 0.253 e. The number of hydrazone groups is 1. The van der Waals surface area contributed by atoms with Crippen molar-refractivity contribution in [1.29, 1.82) is 0 Å². The van der Waals surface area contributed by atoms with Gasteiger partial charge in [0.05, 0.1) is 30.3 Å². The SMILES string of the molecule is COc1ccc([C@@H]2CC(c3ccccc3)=NN2C(=O)CSc2nnnn2-c2cccc(C)c2)cc1. The standard InChI is InChI=1S/C26H24N6O2S/c1-18-7-6-10-21(15-18)31-26(27-29-30-31)35-17-25(33)32-24(20-11-13-22(34-2)14-12-20)16-23(28-32)19-8-4-3-5-9-19/h3-15,24H,16-17H2,1-2H3/t24-/m0/s1. The van der Waals surface area contributed by atoms with Crippen molar-refractivity contribution in [2.45, 2.75) is 24.5 Å². The number of hydrogen-bond acceptors (Lipinski definition) is 7. The van der Waals surface area contributed by atoms with E-state index in [1.165, 1.54) is 11.8 Å². The van der Waals surface area contributed by atoms with Gasteiger partial charge in [-0.25, -0.2) is 5.01 Å². The number of hydrogen-bond donors (Lipinski definition) is 0. The molecule has 9 heteroatoms. The van der Waals surface area contributed by atoms with E-state index in [1.807, 2.05) is 85.8 Å². The van der Waals surface area contributed by atoms with E-state index in [4.69, 9.17) is 9.84 Å². The third kappa shape index (κ3) is 4.95. The van der Waals surface area contributed by atoms with Crippen LogP contribution >= 0.6 is 11.8 Å². The van der Waals surface area contributed by atoms with Crippen LogP contribution in [0.4, 0.5) is 0 Å². The summed E-state index contributed by atoms with van der Waals surface area (Å²) < 4.78 is 6.95. The Kier molecular flexibility index (Phi) is 6.58. The Morgan fingerprint density at radius 1 is 1.06 bits per heavy atom. The zero-order chi connectivity index (χ0) is 24.2. The molecule has 35 heavy (non-hydrogen) atoms. The lowest BCUT2D eigenvalue weighted by atomic mass is 9.98. The Labute approximate surface area is 207 Å². The molecule has 8 nitrogen and oxygen atoms in total. The highest BCUT2D eigenvalue weighted by Crippen LogP contribution is 2.34. The number of tetrazole rings is 1. The zero-order valence-electron chi connectivity index (χ0n) is 19.4. The van der Waals surface area contributed by atoms with Crippen LogP contribution in [0.2, 0.25) is 0 Å². The van der Waals surface area contributed by atoms with Crippen LogP contribution in [0.5, 0.6) is 5.75 Å². The molecule has 0 fully saturated rings. The molecular formula is C26H24N6O2S. The van der Waals surface area contributed by atoms with Gasteiger partial charge in [-0.05, 0) is 58.3 Å². The Balaban J connectivity index is 1.38. The number of aromatic nitrogens is 4. The third-order valence-corrected chi connectivity index (χ3v) is 6.69. The molecule has 1 aromatic heterocycles. The molecule has 5 rings (SSSR count). The van der Waals surface area contributed by atoms with E-state index in [-0.39, 0.29) is 17.7 Å². The number of aryl methyl sites for hydroxylation is 1. The van der Waals surface area contributed by atoms with Crippen molar-refractivity contribution in [3.05, 3.63) is 95.6 Å². The first-order valence-corrected chi connectivity index (χ1v) is 12.2. The van der Waals surface area contributed by atoms with Gasteiger partial charge in [0.1, 0.15) is 5.75 Å². The summed E-state index contributed by atoms with van der Waals surface area (Å²) >= 11 is 1.30. The minimum absolute atomic E-state index is 0.111. The minimum atomic E-state index is -0.197. The molecule has 2 heterocycles. The van der Waals surface area contributed by atoms with Gasteiger partial charge < -0.3 is 4.74 Å². The van der Waals surface area contributed by atoms with E-state index in [0.29, 0.717) is 11.6 Å². The van der Waals surface area contributed by atoms with Crippen LogP contribution in [-0.4, -0.2) is 49.7 Å². The summed E-state index contributed by atoms with van der Waals surface area (Å²) in [5, 5.41) is 18.9. The first-order valence-electron chi connectivity index (χ1n) is 11.2. The van der Waals surface area contributed by atoms with Crippen LogP contribution in [0.25, 0.3) is 5.69 Å². The fourth-order valence-corrected chi connectivity index (χ4v) is 4.76. The van der Waals surface area contributed by atoms with E-state index >= 15 is 0 Å². The fraction of sp³-hybridized carbons (Fsp3) is 0.192. The van der Waals surface area contributed by atoms with Crippen molar-refractivity contribution in [2.75, 3.05) is 12.9 Å². The van der Waals surface area contributed by atoms with Crippen LogP contribution in [0.15, 0.2) is 89.1 Å². The van der Waals surface area contributed by atoms with Crippen molar-refractivity contribution < 1.29 is 9.53 Å². The highest BCUT2D eigenvalue weighted by molar-refractivity contribution is 7.99. The quantitative estimate of drug-likeness (QED) is 0.360. The molecule has 0 radical (unpaired) electrons. The average Bonchev–Trinajstić information content (AvgIpc) is 3.56. The van der Waals surface area contributed by atoms with Gasteiger partial charge in [-0.15, -0.1) is 5.10 Å². The van der Waals surface area contributed by atoms with Crippen molar-refractivity contribution in [3.8, 4) is 11.4 Å². The van der Waals surface area contributed by atoms with Crippen molar-refractivity contribution in [2.24, 2.45) is 5.10 Å². The van der Waals surface area contributed by atoms with E-state index in [0.717, 1.165) is 33.8 Å². The summed E-state index contributed by atoms with van der Waals surface area (Å²) in [6.07, 6.45) is 0.633. The molecule has 0 saturated heterocycles. The molecule has 4 aromatic rings. The fourth-order valence-electron chi connectivity index (χ4n) is 4.01. The van der Waals surface area contributed by atoms with Crippen LogP contribution in [-0.2, 0) is 4.79 Å². The number of ether oxygens (including phenoxy) is 1. The lowest BCUT2D eigenvalue weighted by molar-refractivity contribution is -0.130. The van der Waals surface area contributed by atoms with Crippen LogP contribution in [0.3, 0.4) is 0 Å². The van der Waals surface area contributed by atoms with Crippen LogP contribution in [0.1, 0.15) is 29.2 Å². The number of nitrogens with zero attached hydrogens (tertiary/aromatic N) is 6. The first-order chi connectivity index (χ1) is 17.1. The Bertz CT molecular complexity index is 1350. The van der Waals surface area contributed by atoms with E-state index in [2.05, 4.69) is 15.5 Å². The summed E-state index contributed by atoms with van der Waals surface area (Å²) in [5.41, 5.74) is 4.86. The summed E-state index contributed by atoms with van der Waals surface area (Å²) in [6.45, 7) is 2.01. The van der Waals surface area contributed by atoms with Gasteiger partial charge in [-0.2, -0.15) is 9.78 Å². The Morgan fingerprint density at radius 2 is 1.86 bits per heavy atom. The van der Waals surface area contributed by atoms with Gasteiger partial charge >= 0.3 is 0 Å². The minimum Gasteiger partial charge on any atom is -0.497 e. The maximum Gasteiger partial charge on any atom is 0.253 e. The summed E-state index contributed by atoms with van der Waals surface area (Å²) in [4.78, 5) is 13.4. The summed E-state index contributed by atoms with van der Waals surface area (Å²) in [7, 11) is 1.64. The number of carbonyl (C=O) groups excluding carboxylic acids is 1. The predicted molar refractivity (Wildman–Crippen MR) is 135 cm³/mol. The largest absolute Gasteiger partial charge is 0.497 e. The van der Waals surface area contributed by atoms with Crippen molar-refractivity contribution >= 4 is 23.4 Å². The maximum atomic E-state index is 13.4. The number of rotatable bonds is 7. The molecule has 1 atom stereocenters. The second-order valence-electron chi connectivity index (χ2n) is 8.15. The monoisotopic (exact) mass is 484 g/mol. The molecule has 0 saturated carbocycles. The number of methoxy groups -OCH3 is 1. The molecule has 0 aliphatic carbocycles. The molecule has 3 aromatic carbocycles. The molecule has 1 aliphatic rings. The number of carbonyl (C=O) groups is 1. The van der Waals surface area contributed by atoms with Gasteiger partial charge in [-0.3, -0.25) is 4.79 Å². The number of benzene rings is 3. The van der Waals surface area contributed by atoms with Crippen molar-refractivity contribution in [1.82, 2.24) is 25.2 Å². The Morgan fingerprint density at radius 3 is 2.60 bits per heavy atom. The third-order valence-electron chi connectivity index (χ3n) is 5.79. The Hall–Kier alpha value is -3.98. The summed E-state index contributed by atoms with van der Waals surface area (Å²) in [6, 6.07) is 25.4. The molecule has 0 unspecified atom stereocenters. The van der Waals surface area contributed by atoms with Gasteiger partial charge in [-0.1, -0.05) is 66.4 Å². The zero-order valence-corrected chi connectivity index (χ0v) is 20.2. The van der Waals surface area contributed by atoms with E-state index < -0.39 is 0 Å². The number of thioether (sulfide) groups is 1. The number of amides is 1. The molecule has 0 spiro atoms. The molecule has 176 valence electrons. The van der Waals surface area contributed by atoms with Crippen molar-refractivity contribution in [3.63, 3.8) is 0 Å². The molecule has 1 amide bonds. The highest BCUT2D eigenvalue weighted by Gasteiger charge is 2.33. The first kappa shape index (κ1) is 22.8. The van der Waals surface area contributed by atoms with E-state index in [9.17, 15) is 4.79 Å². The van der Waals surface area contributed by atoms with Crippen LogP contribution < -0.4 is 4.74 Å². The lowest BCUT2D eigenvalue weighted by Gasteiger charge is -2.22. The van der Waals surface area contributed by atoms with Gasteiger partial charge in [0.25, 0.3) is 5.91 Å². The van der Waals surface area contributed by atoms with Gasteiger partial charge in [0.2, 0.25) is 5.16 Å². The molecule has 0 N–H and O–H groups in total. The van der Waals surface area contributed by atoms with Gasteiger partial charge in [0, 0.05) is 6.42 Å².